The Balaban J connectivity index is 1.60. The lowest BCUT2D eigenvalue weighted by Gasteiger charge is -2.37. The van der Waals surface area contributed by atoms with E-state index < -0.39 is 0 Å². The molecule has 4 nitrogen and oxygen atoms in total. The predicted octanol–water partition coefficient (Wildman–Crippen LogP) is 4.63. The summed E-state index contributed by atoms with van der Waals surface area (Å²) in [4.78, 5) is 15.0. The van der Waals surface area contributed by atoms with Crippen LogP contribution in [0.2, 0.25) is 0 Å². The maximum atomic E-state index is 13.0. The molecule has 0 aliphatic carbocycles. The summed E-state index contributed by atoms with van der Waals surface area (Å²) in [6.07, 6.45) is 2.91. The Kier molecular flexibility index (Phi) is 4.48. The van der Waals surface area contributed by atoms with Gasteiger partial charge in [-0.05, 0) is 48.7 Å². The van der Waals surface area contributed by atoms with Crippen LogP contribution in [-0.2, 0) is 13.0 Å². The lowest BCUT2D eigenvalue weighted by atomic mass is 10.0. The molecular weight excluding hydrogens is 322 g/mol. The number of carbonyl (C=O) groups excluding carboxylic acids is 1. The van der Waals surface area contributed by atoms with E-state index in [1.54, 1.807) is 0 Å². The van der Waals surface area contributed by atoms with Crippen LogP contribution < -0.4 is 5.32 Å². The van der Waals surface area contributed by atoms with Gasteiger partial charge in [-0.3, -0.25) is 0 Å². The Morgan fingerprint density at radius 2 is 1.88 bits per heavy atom. The van der Waals surface area contributed by atoms with Gasteiger partial charge in [0.2, 0.25) is 0 Å². The lowest BCUT2D eigenvalue weighted by molar-refractivity contribution is 0.167. The summed E-state index contributed by atoms with van der Waals surface area (Å²) in [6, 6.07) is 22.5. The second kappa shape index (κ2) is 7.08. The van der Waals surface area contributed by atoms with Crippen LogP contribution in [0.15, 0.2) is 72.9 Å². The SMILES string of the molecule is Cc1cccc(NC(=O)N2CCn3cccc3[C@H]2Cc2ccccc2)c1. The molecule has 4 rings (SSSR count). The third kappa shape index (κ3) is 3.36. The molecule has 1 atom stereocenters. The fourth-order valence-electron chi connectivity index (χ4n) is 3.68. The van der Waals surface area contributed by atoms with Gasteiger partial charge in [0.25, 0.3) is 0 Å². The summed E-state index contributed by atoms with van der Waals surface area (Å²) >= 11 is 0. The molecule has 2 heterocycles. The summed E-state index contributed by atoms with van der Waals surface area (Å²) in [5, 5.41) is 3.07. The fraction of sp³-hybridized carbons (Fsp3) is 0.227. The van der Waals surface area contributed by atoms with Crippen LogP contribution in [0.5, 0.6) is 0 Å². The molecule has 0 bridgehead atoms. The zero-order valence-corrected chi connectivity index (χ0v) is 14.9. The van der Waals surface area contributed by atoms with Crippen molar-refractivity contribution in [2.45, 2.75) is 25.9 Å². The molecule has 1 aliphatic rings. The molecule has 0 radical (unpaired) electrons. The van der Waals surface area contributed by atoms with Crippen LogP contribution in [0.1, 0.15) is 22.9 Å². The molecule has 0 fully saturated rings. The minimum atomic E-state index is -0.0380. The molecule has 1 aromatic heterocycles. The first-order valence-electron chi connectivity index (χ1n) is 9.04. The van der Waals surface area contributed by atoms with Crippen molar-refractivity contribution in [2.24, 2.45) is 0 Å². The van der Waals surface area contributed by atoms with Gasteiger partial charge in [0.15, 0.2) is 0 Å². The van der Waals surface area contributed by atoms with Crippen molar-refractivity contribution >= 4 is 11.7 Å². The first-order valence-corrected chi connectivity index (χ1v) is 9.04. The number of carbonyl (C=O) groups is 1. The number of anilines is 1. The number of hydrogen-bond acceptors (Lipinski definition) is 1. The van der Waals surface area contributed by atoms with Gasteiger partial charge < -0.3 is 14.8 Å². The van der Waals surface area contributed by atoms with Crippen molar-refractivity contribution in [1.82, 2.24) is 9.47 Å². The fourth-order valence-corrected chi connectivity index (χ4v) is 3.68. The van der Waals surface area contributed by atoms with Crippen LogP contribution in [0.25, 0.3) is 0 Å². The summed E-state index contributed by atoms with van der Waals surface area (Å²) < 4.78 is 2.25. The van der Waals surface area contributed by atoms with Crippen molar-refractivity contribution in [3.8, 4) is 0 Å². The Morgan fingerprint density at radius 1 is 1.04 bits per heavy atom. The molecule has 0 spiro atoms. The van der Waals surface area contributed by atoms with E-state index in [2.05, 4.69) is 40.3 Å². The molecule has 1 N–H and O–H groups in total. The van der Waals surface area contributed by atoms with E-state index in [1.165, 1.54) is 11.3 Å². The van der Waals surface area contributed by atoms with E-state index >= 15 is 0 Å². The van der Waals surface area contributed by atoms with Crippen LogP contribution in [0.3, 0.4) is 0 Å². The average Bonchev–Trinajstić information content (AvgIpc) is 3.12. The number of aromatic nitrogens is 1. The van der Waals surface area contributed by atoms with Gasteiger partial charge in [-0.2, -0.15) is 0 Å². The molecule has 1 aliphatic heterocycles. The van der Waals surface area contributed by atoms with E-state index in [0.717, 1.165) is 24.2 Å². The summed E-state index contributed by atoms with van der Waals surface area (Å²) in [5.74, 6) is 0. The minimum Gasteiger partial charge on any atom is -0.348 e. The van der Waals surface area contributed by atoms with E-state index in [9.17, 15) is 4.79 Å². The molecule has 2 aromatic carbocycles. The second-order valence-corrected chi connectivity index (χ2v) is 6.82. The maximum absolute atomic E-state index is 13.0. The largest absolute Gasteiger partial charge is 0.348 e. The van der Waals surface area contributed by atoms with Crippen LogP contribution in [0.4, 0.5) is 10.5 Å². The van der Waals surface area contributed by atoms with Gasteiger partial charge in [-0.1, -0.05) is 42.5 Å². The Hall–Kier alpha value is -3.01. The number of benzene rings is 2. The monoisotopic (exact) mass is 345 g/mol. The first kappa shape index (κ1) is 16.5. The van der Waals surface area contributed by atoms with E-state index in [1.807, 2.05) is 54.3 Å². The molecule has 3 aromatic rings. The Bertz CT molecular complexity index is 901. The third-order valence-corrected chi connectivity index (χ3v) is 4.97. The molecule has 132 valence electrons. The van der Waals surface area contributed by atoms with Crippen LogP contribution in [-0.4, -0.2) is 22.0 Å². The maximum Gasteiger partial charge on any atom is 0.322 e. The highest BCUT2D eigenvalue weighted by atomic mass is 16.2. The summed E-state index contributed by atoms with van der Waals surface area (Å²) in [6.45, 7) is 3.56. The van der Waals surface area contributed by atoms with Crippen LogP contribution >= 0.6 is 0 Å². The van der Waals surface area contributed by atoms with Gasteiger partial charge in [-0.15, -0.1) is 0 Å². The van der Waals surface area contributed by atoms with Gasteiger partial charge >= 0.3 is 6.03 Å². The highest BCUT2D eigenvalue weighted by Crippen LogP contribution is 2.30. The molecule has 0 saturated heterocycles. The number of fused-ring (bicyclic) bond motifs is 1. The van der Waals surface area contributed by atoms with Crippen molar-refractivity contribution < 1.29 is 4.79 Å². The topological polar surface area (TPSA) is 37.3 Å². The Morgan fingerprint density at radius 3 is 2.69 bits per heavy atom. The Labute approximate surface area is 154 Å². The zero-order valence-electron chi connectivity index (χ0n) is 14.9. The normalized spacial score (nSPS) is 16.2. The number of urea groups is 1. The number of nitrogens with one attached hydrogen (secondary N) is 1. The average molecular weight is 345 g/mol. The molecule has 26 heavy (non-hydrogen) atoms. The van der Waals surface area contributed by atoms with Crippen molar-refractivity contribution in [3.63, 3.8) is 0 Å². The van der Waals surface area contributed by atoms with Gasteiger partial charge in [0, 0.05) is 30.7 Å². The molecule has 0 unspecified atom stereocenters. The van der Waals surface area contributed by atoms with Gasteiger partial charge in [0.05, 0.1) is 6.04 Å². The third-order valence-electron chi connectivity index (χ3n) is 4.97. The highest BCUT2D eigenvalue weighted by molar-refractivity contribution is 5.89. The quantitative estimate of drug-likeness (QED) is 0.738. The van der Waals surface area contributed by atoms with Crippen molar-refractivity contribution in [3.05, 3.63) is 89.7 Å². The molecular formula is C22H23N3O. The second-order valence-electron chi connectivity index (χ2n) is 6.82. The van der Waals surface area contributed by atoms with Crippen molar-refractivity contribution in [2.75, 3.05) is 11.9 Å². The van der Waals surface area contributed by atoms with Gasteiger partial charge in [-0.25, -0.2) is 4.79 Å². The number of nitrogens with zero attached hydrogens (tertiary/aromatic N) is 2. The number of amides is 2. The molecule has 0 saturated carbocycles. The van der Waals surface area contributed by atoms with Crippen molar-refractivity contribution in [1.29, 1.82) is 0 Å². The number of aryl methyl sites for hydroxylation is 1. The minimum absolute atomic E-state index is 0.0333. The molecule has 4 heteroatoms. The zero-order chi connectivity index (χ0) is 17.9. The smallest absolute Gasteiger partial charge is 0.322 e. The van der Waals surface area contributed by atoms with Gasteiger partial charge in [0.1, 0.15) is 0 Å². The first-order chi connectivity index (χ1) is 12.7. The van der Waals surface area contributed by atoms with Crippen LogP contribution in [0, 0.1) is 6.92 Å². The lowest BCUT2D eigenvalue weighted by Crippen LogP contribution is -2.44. The van der Waals surface area contributed by atoms with E-state index in [0.29, 0.717) is 6.54 Å². The number of rotatable bonds is 3. The molecule has 2 amide bonds. The number of hydrogen-bond donors (Lipinski definition) is 1. The summed E-state index contributed by atoms with van der Waals surface area (Å²) in [7, 11) is 0. The standard InChI is InChI=1S/C22H23N3O/c1-17-7-5-10-19(15-17)23-22(26)25-14-13-24-12-6-11-20(24)21(25)16-18-8-3-2-4-9-18/h2-12,15,21H,13-14,16H2,1H3,(H,23,26)/t21-/m1/s1. The van der Waals surface area contributed by atoms with E-state index in [-0.39, 0.29) is 12.1 Å². The predicted molar refractivity (Wildman–Crippen MR) is 104 cm³/mol. The summed E-state index contributed by atoms with van der Waals surface area (Å²) in [5.41, 5.74) is 4.41. The van der Waals surface area contributed by atoms with E-state index in [4.69, 9.17) is 0 Å². The highest BCUT2D eigenvalue weighted by Gasteiger charge is 2.31.